The van der Waals surface area contributed by atoms with Crippen molar-refractivity contribution in [2.75, 3.05) is 0 Å². The summed E-state index contributed by atoms with van der Waals surface area (Å²) >= 11 is 0. The van der Waals surface area contributed by atoms with Gasteiger partial charge in [0.05, 0.1) is 11.7 Å². The van der Waals surface area contributed by atoms with E-state index < -0.39 is 11.7 Å². The topological polar surface area (TPSA) is 57.5 Å². The fourth-order valence-corrected chi connectivity index (χ4v) is 6.62. The Kier molecular flexibility index (Phi) is 7.38. The van der Waals surface area contributed by atoms with Gasteiger partial charge >= 0.3 is 0 Å². The summed E-state index contributed by atoms with van der Waals surface area (Å²) in [5, 5.41) is 20.3. The highest BCUT2D eigenvalue weighted by Gasteiger charge is 2.50. The fraction of sp³-hybridized carbons (Fsp3) is 0.750. The molecule has 31 heavy (non-hydrogen) atoms. The standard InChI is InChI=1S/C28H44O3/c1-18(9-10-19(2)27(4,5)31)24-13-14-25-21(8-7-15-28(24,25)6)11-12-22-16-23(29)17-26(30)20(22)3/h11-12,18-19,23-25,29,31H,3,7-10,13-17H2,1-2,4-6H3/b21-11+,22-12-/t18-,19+,23-,24-,25+,28-/m1/s1. The number of fused-ring (bicyclic) bond motifs is 1. The SMILES string of the molecule is C=C1C(=O)C[C@H](O)C/C1=C/C=C1\CCC[C@]2(C)[C@@H]([C@H](C)CC[C@H](C)C(C)(C)O)CC[C@@H]12. The van der Waals surface area contributed by atoms with Gasteiger partial charge < -0.3 is 10.2 Å². The van der Waals surface area contributed by atoms with Crippen molar-refractivity contribution in [3.63, 3.8) is 0 Å². The number of allylic oxidation sites excluding steroid dienone is 4. The zero-order valence-corrected chi connectivity index (χ0v) is 20.4. The number of carbonyl (C=O) groups is 1. The molecule has 0 bridgehead atoms. The van der Waals surface area contributed by atoms with Gasteiger partial charge in [-0.1, -0.05) is 51.5 Å². The Balaban J connectivity index is 1.72. The van der Waals surface area contributed by atoms with Crippen LogP contribution in [0.15, 0.2) is 35.5 Å². The maximum absolute atomic E-state index is 12.1. The van der Waals surface area contributed by atoms with E-state index in [4.69, 9.17) is 0 Å². The molecule has 0 aromatic heterocycles. The smallest absolute Gasteiger partial charge is 0.165 e. The van der Waals surface area contributed by atoms with Gasteiger partial charge in [0.1, 0.15) is 0 Å². The third-order valence-electron chi connectivity index (χ3n) is 9.09. The Hall–Kier alpha value is -1.19. The minimum Gasteiger partial charge on any atom is -0.392 e. The highest BCUT2D eigenvalue weighted by atomic mass is 16.3. The first-order valence-corrected chi connectivity index (χ1v) is 12.5. The van der Waals surface area contributed by atoms with Crippen LogP contribution in [0.1, 0.15) is 92.4 Å². The van der Waals surface area contributed by atoms with Crippen LogP contribution in [0.4, 0.5) is 0 Å². The third-order valence-corrected chi connectivity index (χ3v) is 9.09. The lowest BCUT2D eigenvalue weighted by molar-refractivity contribution is -0.117. The molecule has 0 heterocycles. The van der Waals surface area contributed by atoms with Crippen molar-refractivity contribution < 1.29 is 15.0 Å². The summed E-state index contributed by atoms with van der Waals surface area (Å²) < 4.78 is 0. The van der Waals surface area contributed by atoms with E-state index in [1.54, 1.807) is 0 Å². The van der Waals surface area contributed by atoms with Crippen molar-refractivity contribution in [3.8, 4) is 0 Å². The summed E-state index contributed by atoms with van der Waals surface area (Å²) in [6.45, 7) is 14.9. The van der Waals surface area contributed by atoms with Gasteiger partial charge in [0, 0.05) is 12.0 Å². The number of hydrogen-bond donors (Lipinski definition) is 2. The largest absolute Gasteiger partial charge is 0.392 e. The number of aliphatic hydroxyl groups is 2. The summed E-state index contributed by atoms with van der Waals surface area (Å²) in [5.41, 5.74) is 2.76. The molecule has 0 aromatic rings. The molecule has 3 aliphatic rings. The summed E-state index contributed by atoms with van der Waals surface area (Å²) in [5.74, 6) is 2.32. The van der Waals surface area contributed by atoms with Gasteiger partial charge in [-0.15, -0.1) is 0 Å². The van der Waals surface area contributed by atoms with Crippen LogP contribution in [0, 0.1) is 29.1 Å². The second-order valence-electron chi connectivity index (χ2n) is 11.6. The lowest BCUT2D eigenvalue weighted by Crippen LogP contribution is -2.36. The average molecular weight is 429 g/mol. The second kappa shape index (κ2) is 9.35. The number of Topliss-reactive ketones (excluding diaryl/α,β-unsaturated/α-hetero) is 1. The molecular weight excluding hydrogens is 384 g/mol. The van der Waals surface area contributed by atoms with Crippen molar-refractivity contribution in [2.45, 2.75) is 104 Å². The molecule has 0 amide bonds. The van der Waals surface area contributed by atoms with E-state index in [1.165, 1.54) is 37.7 Å². The Morgan fingerprint density at radius 3 is 2.58 bits per heavy atom. The molecule has 3 heteroatoms. The highest BCUT2D eigenvalue weighted by molar-refractivity contribution is 6.00. The molecule has 0 saturated heterocycles. The number of hydrogen-bond acceptors (Lipinski definition) is 3. The Labute approximate surface area is 189 Å². The van der Waals surface area contributed by atoms with E-state index >= 15 is 0 Å². The number of carbonyl (C=O) groups excluding carboxylic acids is 1. The normalized spacial score (nSPS) is 36.7. The van der Waals surface area contributed by atoms with Gasteiger partial charge in [0.15, 0.2) is 5.78 Å². The first kappa shape index (κ1) is 24.5. The van der Waals surface area contributed by atoms with E-state index in [-0.39, 0.29) is 12.2 Å². The van der Waals surface area contributed by atoms with Crippen LogP contribution >= 0.6 is 0 Å². The van der Waals surface area contributed by atoms with Crippen LogP contribution in [-0.4, -0.2) is 27.7 Å². The molecule has 0 radical (unpaired) electrons. The van der Waals surface area contributed by atoms with Gasteiger partial charge in [0.25, 0.3) is 0 Å². The zero-order valence-electron chi connectivity index (χ0n) is 20.4. The minimum absolute atomic E-state index is 0.0214. The summed E-state index contributed by atoms with van der Waals surface area (Å²) in [6, 6.07) is 0. The van der Waals surface area contributed by atoms with Crippen molar-refractivity contribution in [1.82, 2.24) is 0 Å². The first-order chi connectivity index (χ1) is 14.4. The van der Waals surface area contributed by atoms with Gasteiger partial charge in [-0.05, 0) is 93.5 Å². The molecule has 3 saturated carbocycles. The van der Waals surface area contributed by atoms with Crippen LogP contribution in [-0.2, 0) is 4.79 Å². The minimum atomic E-state index is -0.603. The van der Waals surface area contributed by atoms with E-state index in [1.807, 2.05) is 13.8 Å². The predicted octanol–water partition coefficient (Wildman–Crippen LogP) is 6.16. The monoisotopic (exact) mass is 428 g/mol. The van der Waals surface area contributed by atoms with Crippen LogP contribution < -0.4 is 0 Å². The summed E-state index contributed by atoms with van der Waals surface area (Å²) in [4.78, 5) is 12.1. The molecule has 3 nitrogen and oxygen atoms in total. The average Bonchev–Trinajstić information content (AvgIpc) is 3.04. The molecule has 3 aliphatic carbocycles. The van der Waals surface area contributed by atoms with E-state index in [0.29, 0.717) is 35.2 Å². The predicted molar refractivity (Wildman–Crippen MR) is 128 cm³/mol. The molecule has 0 spiro atoms. The van der Waals surface area contributed by atoms with Gasteiger partial charge in [0.2, 0.25) is 0 Å². The third kappa shape index (κ3) is 5.25. The quantitative estimate of drug-likeness (QED) is 0.498. The number of aliphatic hydroxyl groups excluding tert-OH is 1. The fourth-order valence-electron chi connectivity index (χ4n) is 6.62. The molecule has 6 atom stereocenters. The molecule has 3 fully saturated rings. The Morgan fingerprint density at radius 1 is 1.19 bits per heavy atom. The number of rotatable bonds is 6. The zero-order chi connectivity index (χ0) is 23.0. The van der Waals surface area contributed by atoms with Gasteiger partial charge in [-0.25, -0.2) is 0 Å². The van der Waals surface area contributed by atoms with Crippen molar-refractivity contribution in [1.29, 1.82) is 0 Å². The van der Waals surface area contributed by atoms with Gasteiger partial charge in [-0.3, -0.25) is 4.79 Å². The maximum atomic E-state index is 12.1. The molecule has 3 rings (SSSR count). The lowest BCUT2D eigenvalue weighted by Gasteiger charge is -2.44. The van der Waals surface area contributed by atoms with Crippen molar-refractivity contribution in [2.24, 2.45) is 29.1 Å². The van der Waals surface area contributed by atoms with E-state index in [9.17, 15) is 15.0 Å². The Morgan fingerprint density at radius 2 is 1.90 bits per heavy atom. The van der Waals surface area contributed by atoms with Crippen LogP contribution in [0.2, 0.25) is 0 Å². The van der Waals surface area contributed by atoms with Crippen molar-refractivity contribution >= 4 is 5.78 Å². The second-order valence-corrected chi connectivity index (χ2v) is 11.6. The molecule has 0 aliphatic heterocycles. The molecule has 0 aromatic carbocycles. The summed E-state index contributed by atoms with van der Waals surface area (Å²) in [6.07, 6.45) is 13.0. The van der Waals surface area contributed by atoms with Crippen molar-refractivity contribution in [3.05, 3.63) is 35.5 Å². The van der Waals surface area contributed by atoms with Gasteiger partial charge in [-0.2, -0.15) is 0 Å². The maximum Gasteiger partial charge on any atom is 0.165 e. The molecule has 0 unspecified atom stereocenters. The molecular formula is C28H44O3. The number of ketones is 1. The van der Waals surface area contributed by atoms with Crippen LogP contribution in [0.5, 0.6) is 0 Å². The summed E-state index contributed by atoms with van der Waals surface area (Å²) in [7, 11) is 0. The van der Waals surface area contributed by atoms with Crippen LogP contribution in [0.3, 0.4) is 0 Å². The highest BCUT2D eigenvalue weighted by Crippen LogP contribution is 2.60. The first-order valence-electron chi connectivity index (χ1n) is 12.5. The van der Waals surface area contributed by atoms with E-state index in [0.717, 1.165) is 24.3 Å². The lowest BCUT2D eigenvalue weighted by atomic mass is 9.60. The van der Waals surface area contributed by atoms with E-state index in [2.05, 4.69) is 39.5 Å². The molecule has 174 valence electrons. The van der Waals surface area contributed by atoms with Crippen LogP contribution in [0.25, 0.3) is 0 Å². The Bertz CT molecular complexity index is 753. The molecule has 2 N–H and O–H groups in total.